The van der Waals surface area contributed by atoms with Crippen LogP contribution in [0.15, 0.2) is 48.5 Å². The van der Waals surface area contributed by atoms with Crippen LogP contribution in [0.4, 0.5) is 0 Å². The molecule has 3 aromatic rings. The molecule has 0 aromatic heterocycles. The van der Waals surface area contributed by atoms with E-state index in [0.717, 1.165) is 0 Å². The maximum Gasteiger partial charge on any atom is -0.0175 e. The molecule has 0 radical (unpaired) electrons. The molecule has 0 spiro atoms. The molecule has 0 heterocycles. The molecule has 3 aromatic carbocycles. The van der Waals surface area contributed by atoms with Gasteiger partial charge in [-0.25, -0.2) is 0 Å². The van der Waals surface area contributed by atoms with Crippen LogP contribution in [0, 0.1) is 6.92 Å². The van der Waals surface area contributed by atoms with Gasteiger partial charge in [0.05, 0.1) is 0 Å². The maximum atomic E-state index is 2.33. The quantitative estimate of drug-likeness (QED) is 0.531. The largest absolute Gasteiger partial charge is 0.0651 e. The van der Waals surface area contributed by atoms with Crippen molar-refractivity contribution in [3.05, 3.63) is 59.7 Å². The first-order valence-corrected chi connectivity index (χ1v) is 6.69. The minimum absolute atomic E-state index is 1.17. The van der Waals surface area contributed by atoms with Gasteiger partial charge in [0.15, 0.2) is 0 Å². The second-order valence-corrected chi connectivity index (χ2v) is 5.13. The summed E-state index contributed by atoms with van der Waals surface area (Å²) in [6.07, 6.45) is 2.38. The topological polar surface area (TPSA) is 0 Å². The number of rotatable bonds is 2. The Kier molecular flexibility index (Phi) is 2.79. The summed E-state index contributed by atoms with van der Waals surface area (Å²) in [5, 5.41) is 5.37. The molecule has 0 unspecified atom stereocenters. The molecular formula is C18H18. The summed E-state index contributed by atoms with van der Waals surface area (Å²) in [4.78, 5) is 0. The van der Waals surface area contributed by atoms with Gasteiger partial charge >= 0.3 is 0 Å². The molecule has 3 rings (SSSR count). The lowest BCUT2D eigenvalue weighted by Crippen LogP contribution is -1.84. The molecule has 0 atom stereocenters. The molecule has 0 saturated heterocycles. The molecule has 0 heteroatoms. The first-order valence-electron chi connectivity index (χ1n) is 6.69. The van der Waals surface area contributed by atoms with Crippen LogP contribution < -0.4 is 0 Å². The van der Waals surface area contributed by atoms with E-state index >= 15 is 0 Å². The van der Waals surface area contributed by atoms with Crippen LogP contribution in [0.1, 0.15) is 24.5 Å². The van der Waals surface area contributed by atoms with Crippen molar-refractivity contribution >= 4 is 21.5 Å². The Hall–Kier alpha value is -1.82. The molecule has 0 nitrogen and oxygen atoms in total. The Morgan fingerprint density at radius 3 is 2.11 bits per heavy atom. The van der Waals surface area contributed by atoms with Crippen LogP contribution in [0.2, 0.25) is 0 Å². The van der Waals surface area contributed by atoms with E-state index in [2.05, 4.69) is 62.4 Å². The predicted molar refractivity (Wildman–Crippen MR) is 80.2 cm³/mol. The number of aryl methyl sites for hydroxylation is 2. The first-order chi connectivity index (χ1) is 8.76. The summed E-state index contributed by atoms with van der Waals surface area (Å²) >= 11 is 0. The van der Waals surface area contributed by atoms with E-state index in [4.69, 9.17) is 0 Å². The monoisotopic (exact) mass is 234 g/mol. The fraction of sp³-hybridized carbons (Fsp3) is 0.222. The SMILES string of the molecule is CCCc1ccc2cc3cc(C)ccc3cc2c1. The molecule has 0 saturated carbocycles. The van der Waals surface area contributed by atoms with Crippen LogP contribution in [0.25, 0.3) is 21.5 Å². The minimum atomic E-state index is 1.17. The Bertz CT molecular complexity index is 708. The van der Waals surface area contributed by atoms with E-state index in [9.17, 15) is 0 Å². The molecule has 0 aliphatic heterocycles. The van der Waals surface area contributed by atoms with Crippen molar-refractivity contribution in [2.75, 3.05) is 0 Å². The Labute approximate surface area is 108 Å². The third kappa shape index (κ3) is 1.99. The highest BCUT2D eigenvalue weighted by Crippen LogP contribution is 2.25. The van der Waals surface area contributed by atoms with Gasteiger partial charge in [-0.1, -0.05) is 55.3 Å². The van der Waals surface area contributed by atoms with Crippen molar-refractivity contribution < 1.29 is 0 Å². The normalized spacial score (nSPS) is 11.2. The molecule has 0 amide bonds. The van der Waals surface area contributed by atoms with E-state index in [1.165, 1.54) is 45.5 Å². The zero-order valence-electron chi connectivity index (χ0n) is 11.0. The standard InChI is InChI=1S/C18H18/c1-3-4-14-6-8-16-11-17-9-13(2)5-7-15(17)12-18(16)10-14/h5-12H,3-4H2,1-2H3. The van der Waals surface area contributed by atoms with Crippen LogP contribution in [0.5, 0.6) is 0 Å². The van der Waals surface area contributed by atoms with E-state index in [-0.39, 0.29) is 0 Å². The number of hydrogen-bond donors (Lipinski definition) is 0. The van der Waals surface area contributed by atoms with Gasteiger partial charge in [-0.3, -0.25) is 0 Å². The van der Waals surface area contributed by atoms with Crippen molar-refractivity contribution in [3.63, 3.8) is 0 Å². The lowest BCUT2D eigenvalue weighted by molar-refractivity contribution is 0.924. The van der Waals surface area contributed by atoms with Gasteiger partial charge in [0.1, 0.15) is 0 Å². The summed E-state index contributed by atoms with van der Waals surface area (Å²) < 4.78 is 0. The highest BCUT2D eigenvalue weighted by Gasteiger charge is 2.00. The smallest absolute Gasteiger partial charge is 0.0175 e. The molecule has 18 heavy (non-hydrogen) atoms. The van der Waals surface area contributed by atoms with Gasteiger partial charge in [0.25, 0.3) is 0 Å². The van der Waals surface area contributed by atoms with Crippen molar-refractivity contribution in [2.45, 2.75) is 26.7 Å². The fourth-order valence-corrected chi connectivity index (χ4v) is 2.61. The van der Waals surface area contributed by atoms with Gasteiger partial charge in [0, 0.05) is 0 Å². The van der Waals surface area contributed by atoms with Crippen molar-refractivity contribution in [3.8, 4) is 0 Å². The van der Waals surface area contributed by atoms with Gasteiger partial charge < -0.3 is 0 Å². The molecule has 0 N–H and O–H groups in total. The Morgan fingerprint density at radius 2 is 1.39 bits per heavy atom. The van der Waals surface area contributed by atoms with Crippen LogP contribution in [-0.2, 0) is 6.42 Å². The van der Waals surface area contributed by atoms with Crippen LogP contribution >= 0.6 is 0 Å². The van der Waals surface area contributed by atoms with Crippen molar-refractivity contribution in [1.29, 1.82) is 0 Å². The van der Waals surface area contributed by atoms with Gasteiger partial charge in [-0.2, -0.15) is 0 Å². The molecule has 0 fully saturated rings. The average Bonchev–Trinajstić information content (AvgIpc) is 2.37. The minimum Gasteiger partial charge on any atom is -0.0651 e. The summed E-state index contributed by atoms with van der Waals surface area (Å²) in [5.41, 5.74) is 2.76. The van der Waals surface area contributed by atoms with Gasteiger partial charge in [-0.15, -0.1) is 0 Å². The lowest BCUT2D eigenvalue weighted by Gasteiger charge is -2.06. The predicted octanol–water partition coefficient (Wildman–Crippen LogP) is 5.25. The summed E-state index contributed by atoms with van der Waals surface area (Å²) in [6.45, 7) is 4.38. The second-order valence-electron chi connectivity index (χ2n) is 5.13. The average molecular weight is 234 g/mol. The molecule has 90 valence electrons. The number of benzene rings is 3. The van der Waals surface area contributed by atoms with Crippen molar-refractivity contribution in [1.82, 2.24) is 0 Å². The molecule has 0 aliphatic rings. The molecular weight excluding hydrogens is 216 g/mol. The zero-order chi connectivity index (χ0) is 12.5. The van der Waals surface area contributed by atoms with E-state index in [0.29, 0.717) is 0 Å². The second kappa shape index (κ2) is 4.45. The molecule has 0 aliphatic carbocycles. The highest BCUT2D eigenvalue weighted by atomic mass is 14.0. The third-order valence-electron chi connectivity index (χ3n) is 3.55. The molecule has 0 bridgehead atoms. The maximum absolute atomic E-state index is 2.33. The zero-order valence-corrected chi connectivity index (χ0v) is 11.0. The number of hydrogen-bond acceptors (Lipinski definition) is 0. The van der Waals surface area contributed by atoms with E-state index < -0.39 is 0 Å². The lowest BCUT2D eigenvalue weighted by atomic mass is 9.99. The third-order valence-corrected chi connectivity index (χ3v) is 3.55. The summed E-state index contributed by atoms with van der Waals surface area (Å²) in [6, 6.07) is 18.1. The Balaban J connectivity index is 2.24. The summed E-state index contributed by atoms with van der Waals surface area (Å²) in [7, 11) is 0. The number of fused-ring (bicyclic) bond motifs is 2. The van der Waals surface area contributed by atoms with Gasteiger partial charge in [-0.05, 0) is 52.6 Å². The van der Waals surface area contributed by atoms with Gasteiger partial charge in [0.2, 0.25) is 0 Å². The highest BCUT2D eigenvalue weighted by molar-refractivity contribution is 5.98. The van der Waals surface area contributed by atoms with E-state index in [1.54, 1.807) is 0 Å². The van der Waals surface area contributed by atoms with Crippen molar-refractivity contribution in [2.24, 2.45) is 0 Å². The van der Waals surface area contributed by atoms with Crippen LogP contribution in [-0.4, -0.2) is 0 Å². The van der Waals surface area contributed by atoms with E-state index in [1.807, 2.05) is 0 Å². The Morgan fingerprint density at radius 1 is 0.722 bits per heavy atom. The fourth-order valence-electron chi connectivity index (χ4n) is 2.61. The van der Waals surface area contributed by atoms with Crippen LogP contribution in [0.3, 0.4) is 0 Å². The first kappa shape index (κ1) is 11.3. The summed E-state index contributed by atoms with van der Waals surface area (Å²) in [5.74, 6) is 0.